The lowest BCUT2D eigenvalue weighted by Crippen LogP contribution is -2.15. The van der Waals surface area contributed by atoms with Crippen LogP contribution in [0.3, 0.4) is 0 Å². The van der Waals surface area contributed by atoms with Crippen LogP contribution in [0.15, 0.2) is 18.3 Å². The summed E-state index contributed by atoms with van der Waals surface area (Å²) in [4.78, 5) is 15.0. The first-order valence-electron chi connectivity index (χ1n) is 4.53. The van der Waals surface area contributed by atoms with Crippen LogP contribution < -0.4 is 4.74 Å². The number of carbonyl (C=O) groups is 1. The molecule has 5 nitrogen and oxygen atoms in total. The molecule has 1 rings (SSSR count). The van der Waals surface area contributed by atoms with Gasteiger partial charge >= 0.3 is 5.97 Å². The molecule has 0 aliphatic rings. The zero-order valence-electron chi connectivity index (χ0n) is 8.64. The smallest absolute Gasteiger partial charge is 0.339 e. The number of aliphatic hydroxyl groups excluding tert-OH is 1. The number of carbonyl (C=O) groups excluding carboxylic acids is 1. The summed E-state index contributed by atoms with van der Waals surface area (Å²) in [7, 11) is 1.49. The lowest BCUT2D eigenvalue weighted by Gasteiger charge is -2.09. The number of methoxy groups -OCH3 is 1. The quantitative estimate of drug-likeness (QED) is 0.742. The lowest BCUT2D eigenvalue weighted by atomic mass is 10.2. The lowest BCUT2D eigenvalue weighted by molar-refractivity contribution is -0.153. The minimum atomic E-state index is -1.29. The Morgan fingerprint density at radius 3 is 2.80 bits per heavy atom. The highest BCUT2D eigenvalue weighted by Crippen LogP contribution is 2.15. The summed E-state index contributed by atoms with van der Waals surface area (Å²) in [6.45, 7) is 1.91. The zero-order chi connectivity index (χ0) is 11.3. The van der Waals surface area contributed by atoms with Crippen molar-refractivity contribution in [3.8, 4) is 5.88 Å². The van der Waals surface area contributed by atoms with E-state index in [1.807, 2.05) is 0 Å². The van der Waals surface area contributed by atoms with Crippen LogP contribution in [0.2, 0.25) is 0 Å². The summed E-state index contributed by atoms with van der Waals surface area (Å²) in [6.07, 6.45) is 0.0869. The van der Waals surface area contributed by atoms with Crippen LogP contribution in [0.1, 0.15) is 18.6 Å². The van der Waals surface area contributed by atoms with Crippen LogP contribution in [-0.4, -0.2) is 29.8 Å². The first-order valence-corrected chi connectivity index (χ1v) is 4.53. The number of rotatable bonds is 4. The highest BCUT2D eigenvalue weighted by Gasteiger charge is 2.18. The van der Waals surface area contributed by atoms with Gasteiger partial charge in [-0.1, -0.05) is 0 Å². The molecule has 0 aliphatic carbocycles. The minimum Gasteiger partial charge on any atom is -0.481 e. The first-order chi connectivity index (χ1) is 7.19. The molecule has 1 atom stereocenters. The molecule has 1 heterocycles. The van der Waals surface area contributed by atoms with E-state index in [-0.39, 0.29) is 6.61 Å². The molecular formula is C10H13NO4. The van der Waals surface area contributed by atoms with Crippen LogP contribution >= 0.6 is 0 Å². The van der Waals surface area contributed by atoms with Gasteiger partial charge in [0.05, 0.1) is 13.7 Å². The fraction of sp³-hybridized carbons (Fsp3) is 0.400. The number of aromatic nitrogens is 1. The van der Waals surface area contributed by atoms with Gasteiger partial charge in [0.2, 0.25) is 5.88 Å². The Balaban J connectivity index is 2.73. The van der Waals surface area contributed by atoms with E-state index >= 15 is 0 Å². The van der Waals surface area contributed by atoms with Gasteiger partial charge in [-0.25, -0.2) is 9.78 Å². The third-order valence-corrected chi connectivity index (χ3v) is 1.79. The fourth-order valence-electron chi connectivity index (χ4n) is 1.03. The molecule has 1 aromatic heterocycles. The second-order valence-corrected chi connectivity index (χ2v) is 2.79. The van der Waals surface area contributed by atoms with Crippen LogP contribution in [0, 0.1) is 0 Å². The second kappa shape index (κ2) is 5.31. The minimum absolute atomic E-state index is 0.236. The Bertz CT molecular complexity index is 323. The van der Waals surface area contributed by atoms with Crippen molar-refractivity contribution in [2.45, 2.75) is 13.0 Å². The van der Waals surface area contributed by atoms with Gasteiger partial charge in [0.15, 0.2) is 6.10 Å². The number of ether oxygens (including phenoxy) is 2. The second-order valence-electron chi connectivity index (χ2n) is 2.79. The maximum absolute atomic E-state index is 11.2. The topological polar surface area (TPSA) is 68.7 Å². The van der Waals surface area contributed by atoms with Gasteiger partial charge in [-0.3, -0.25) is 0 Å². The Kier molecular flexibility index (Phi) is 4.05. The third kappa shape index (κ3) is 2.92. The Labute approximate surface area is 87.7 Å². The van der Waals surface area contributed by atoms with Crippen LogP contribution in [-0.2, 0) is 9.53 Å². The molecule has 0 saturated heterocycles. The van der Waals surface area contributed by atoms with Crippen molar-refractivity contribution in [1.29, 1.82) is 0 Å². The summed E-state index contributed by atoms with van der Waals surface area (Å²) in [5, 5.41) is 9.53. The summed E-state index contributed by atoms with van der Waals surface area (Å²) >= 11 is 0. The number of nitrogens with zero attached hydrogens (tertiary/aromatic N) is 1. The molecule has 1 unspecified atom stereocenters. The SMILES string of the molecule is CCOC(=O)C(O)c1ccc(OC)nc1. The van der Waals surface area contributed by atoms with Gasteiger partial charge < -0.3 is 14.6 Å². The predicted octanol–water partition coefficient (Wildman–Crippen LogP) is 0.687. The van der Waals surface area contributed by atoms with Crippen molar-refractivity contribution >= 4 is 5.97 Å². The van der Waals surface area contributed by atoms with E-state index in [1.54, 1.807) is 19.1 Å². The average Bonchev–Trinajstić information content (AvgIpc) is 2.28. The van der Waals surface area contributed by atoms with E-state index in [0.717, 1.165) is 0 Å². The van der Waals surface area contributed by atoms with E-state index < -0.39 is 12.1 Å². The van der Waals surface area contributed by atoms with Crippen LogP contribution in [0.5, 0.6) is 5.88 Å². The standard InChI is InChI=1S/C10H13NO4/c1-3-15-10(13)9(12)7-4-5-8(14-2)11-6-7/h4-6,9,12H,3H2,1-2H3. The van der Waals surface area contributed by atoms with E-state index in [1.165, 1.54) is 13.3 Å². The number of esters is 1. The number of hydrogen-bond acceptors (Lipinski definition) is 5. The Hall–Kier alpha value is -1.62. The number of aliphatic hydroxyl groups is 1. The maximum Gasteiger partial charge on any atom is 0.339 e. The molecule has 1 N–H and O–H groups in total. The normalized spacial score (nSPS) is 11.9. The summed E-state index contributed by atoms with van der Waals surface area (Å²) in [6, 6.07) is 3.13. The molecule has 0 spiro atoms. The maximum atomic E-state index is 11.2. The number of hydrogen-bond donors (Lipinski definition) is 1. The van der Waals surface area contributed by atoms with E-state index in [4.69, 9.17) is 4.74 Å². The molecule has 0 aromatic carbocycles. The molecule has 0 aliphatic heterocycles. The van der Waals surface area contributed by atoms with Crippen molar-refractivity contribution in [1.82, 2.24) is 4.98 Å². The molecule has 0 fully saturated rings. The highest BCUT2D eigenvalue weighted by molar-refractivity contribution is 5.76. The predicted molar refractivity (Wildman–Crippen MR) is 52.4 cm³/mol. The van der Waals surface area contributed by atoms with Crippen LogP contribution in [0.4, 0.5) is 0 Å². The first kappa shape index (κ1) is 11.5. The summed E-state index contributed by atoms with van der Waals surface area (Å²) in [5.74, 6) is -0.251. The van der Waals surface area contributed by atoms with Crippen molar-refractivity contribution in [2.75, 3.05) is 13.7 Å². The monoisotopic (exact) mass is 211 g/mol. The molecule has 0 amide bonds. The van der Waals surface area contributed by atoms with Gasteiger partial charge in [0.25, 0.3) is 0 Å². The van der Waals surface area contributed by atoms with E-state index in [9.17, 15) is 9.90 Å². The van der Waals surface area contributed by atoms with E-state index in [0.29, 0.717) is 11.4 Å². The summed E-state index contributed by atoms with van der Waals surface area (Å²) < 4.78 is 9.51. The Morgan fingerprint density at radius 1 is 1.60 bits per heavy atom. The molecule has 15 heavy (non-hydrogen) atoms. The van der Waals surface area contributed by atoms with Crippen molar-refractivity contribution in [3.63, 3.8) is 0 Å². The van der Waals surface area contributed by atoms with Gasteiger partial charge in [0, 0.05) is 17.8 Å². The van der Waals surface area contributed by atoms with Gasteiger partial charge in [-0.05, 0) is 13.0 Å². The molecule has 82 valence electrons. The van der Waals surface area contributed by atoms with Crippen molar-refractivity contribution < 1.29 is 19.4 Å². The van der Waals surface area contributed by atoms with Crippen LogP contribution in [0.25, 0.3) is 0 Å². The van der Waals surface area contributed by atoms with Gasteiger partial charge in [0.1, 0.15) is 0 Å². The molecule has 5 heteroatoms. The van der Waals surface area contributed by atoms with Gasteiger partial charge in [-0.2, -0.15) is 0 Å². The average molecular weight is 211 g/mol. The van der Waals surface area contributed by atoms with Crippen molar-refractivity contribution in [2.24, 2.45) is 0 Å². The molecule has 0 bridgehead atoms. The molecular weight excluding hydrogens is 198 g/mol. The van der Waals surface area contributed by atoms with Crippen molar-refractivity contribution in [3.05, 3.63) is 23.9 Å². The highest BCUT2D eigenvalue weighted by atomic mass is 16.5. The largest absolute Gasteiger partial charge is 0.481 e. The molecule has 1 aromatic rings. The number of pyridine rings is 1. The van der Waals surface area contributed by atoms with E-state index in [2.05, 4.69) is 9.72 Å². The fourth-order valence-corrected chi connectivity index (χ4v) is 1.03. The molecule has 0 radical (unpaired) electrons. The summed E-state index contributed by atoms with van der Waals surface area (Å²) in [5.41, 5.74) is 0.384. The zero-order valence-corrected chi connectivity index (χ0v) is 8.64. The molecule has 0 saturated carbocycles. The third-order valence-electron chi connectivity index (χ3n) is 1.79. The van der Waals surface area contributed by atoms with Gasteiger partial charge in [-0.15, -0.1) is 0 Å². The Morgan fingerprint density at radius 2 is 2.33 bits per heavy atom.